The van der Waals surface area contributed by atoms with Crippen molar-refractivity contribution in [2.45, 2.75) is 31.7 Å². The van der Waals surface area contributed by atoms with E-state index in [1.54, 1.807) is 0 Å². The molecule has 1 fully saturated rings. The van der Waals surface area contributed by atoms with Gasteiger partial charge in [-0.05, 0) is 28.8 Å². The summed E-state index contributed by atoms with van der Waals surface area (Å²) in [4.78, 5) is 10.3. The van der Waals surface area contributed by atoms with Crippen molar-refractivity contribution in [2.75, 3.05) is 18.1 Å². The largest absolute Gasteiger partial charge is 0.395 e. The van der Waals surface area contributed by atoms with E-state index in [1.807, 2.05) is 0 Å². The van der Waals surface area contributed by atoms with Gasteiger partial charge < -0.3 is 10.0 Å². The van der Waals surface area contributed by atoms with Gasteiger partial charge in [-0.25, -0.2) is 9.97 Å². The standard InChI is InChI=1S/C11H15BrClN3O/c12-9-10(13)14-7-15-11(9)16(5-6-17)8-3-1-2-4-8/h7-8,17H,1-6H2. The second-order valence-corrected chi connectivity index (χ2v) is 5.31. The van der Waals surface area contributed by atoms with Crippen LogP contribution < -0.4 is 4.90 Å². The van der Waals surface area contributed by atoms with Gasteiger partial charge in [-0.3, -0.25) is 0 Å². The van der Waals surface area contributed by atoms with Crippen molar-refractivity contribution in [3.63, 3.8) is 0 Å². The molecular weight excluding hydrogens is 305 g/mol. The molecule has 0 aliphatic heterocycles. The van der Waals surface area contributed by atoms with Gasteiger partial charge in [0.1, 0.15) is 17.3 Å². The van der Waals surface area contributed by atoms with Crippen molar-refractivity contribution in [2.24, 2.45) is 0 Å². The van der Waals surface area contributed by atoms with Crippen LogP contribution in [0.5, 0.6) is 0 Å². The quantitative estimate of drug-likeness (QED) is 0.867. The Morgan fingerprint density at radius 3 is 2.76 bits per heavy atom. The zero-order chi connectivity index (χ0) is 12.3. The average Bonchev–Trinajstić information content (AvgIpc) is 2.84. The Hall–Kier alpha value is -0.390. The van der Waals surface area contributed by atoms with E-state index >= 15 is 0 Å². The predicted octanol–water partition coefficient (Wildman–Crippen LogP) is 2.63. The molecule has 0 saturated heterocycles. The molecule has 94 valence electrons. The monoisotopic (exact) mass is 319 g/mol. The molecule has 0 atom stereocenters. The molecule has 4 nitrogen and oxygen atoms in total. The van der Waals surface area contributed by atoms with Crippen LogP contribution >= 0.6 is 27.5 Å². The van der Waals surface area contributed by atoms with Crippen molar-refractivity contribution in [1.29, 1.82) is 0 Å². The van der Waals surface area contributed by atoms with Crippen LogP contribution in [0.3, 0.4) is 0 Å². The number of rotatable bonds is 4. The van der Waals surface area contributed by atoms with Gasteiger partial charge >= 0.3 is 0 Å². The van der Waals surface area contributed by atoms with E-state index in [1.165, 1.54) is 19.2 Å². The predicted molar refractivity (Wildman–Crippen MR) is 71.4 cm³/mol. The molecule has 2 rings (SSSR count). The molecule has 0 aromatic carbocycles. The van der Waals surface area contributed by atoms with Gasteiger partial charge in [-0.15, -0.1) is 0 Å². The number of hydrogen-bond donors (Lipinski definition) is 1. The molecule has 1 aromatic rings. The first-order valence-corrected chi connectivity index (χ1v) is 6.94. The third kappa shape index (κ3) is 2.89. The van der Waals surface area contributed by atoms with E-state index < -0.39 is 0 Å². The Kier molecular flexibility index (Phi) is 4.59. The van der Waals surface area contributed by atoms with Crippen LogP contribution in [0.15, 0.2) is 10.8 Å². The molecule has 0 radical (unpaired) electrons. The lowest BCUT2D eigenvalue weighted by Crippen LogP contribution is -2.36. The molecule has 0 unspecified atom stereocenters. The van der Waals surface area contributed by atoms with Crippen molar-refractivity contribution in [3.05, 3.63) is 16.0 Å². The van der Waals surface area contributed by atoms with Crippen LogP contribution in [0.2, 0.25) is 5.15 Å². The van der Waals surface area contributed by atoms with E-state index in [-0.39, 0.29) is 6.61 Å². The molecule has 0 amide bonds. The fourth-order valence-corrected chi connectivity index (χ4v) is 2.89. The molecule has 6 heteroatoms. The van der Waals surface area contributed by atoms with Crippen LogP contribution in [0, 0.1) is 0 Å². The molecule has 1 aliphatic rings. The molecule has 17 heavy (non-hydrogen) atoms. The van der Waals surface area contributed by atoms with Crippen LogP contribution in [0.1, 0.15) is 25.7 Å². The Morgan fingerprint density at radius 2 is 2.12 bits per heavy atom. The van der Waals surface area contributed by atoms with Crippen molar-refractivity contribution in [1.82, 2.24) is 9.97 Å². The maximum atomic E-state index is 9.19. The summed E-state index contributed by atoms with van der Waals surface area (Å²) in [5, 5.41) is 9.60. The first-order chi connectivity index (χ1) is 8.24. The first-order valence-electron chi connectivity index (χ1n) is 5.77. The van der Waals surface area contributed by atoms with E-state index in [9.17, 15) is 5.11 Å². The zero-order valence-electron chi connectivity index (χ0n) is 9.44. The number of aliphatic hydroxyl groups excluding tert-OH is 1. The Balaban J connectivity index is 2.27. The maximum Gasteiger partial charge on any atom is 0.148 e. The topological polar surface area (TPSA) is 49.2 Å². The summed E-state index contributed by atoms with van der Waals surface area (Å²) in [5.41, 5.74) is 0. The number of nitrogens with zero attached hydrogens (tertiary/aromatic N) is 3. The number of hydrogen-bond acceptors (Lipinski definition) is 4. The van der Waals surface area contributed by atoms with Gasteiger partial charge in [-0.1, -0.05) is 24.4 Å². The van der Waals surface area contributed by atoms with Gasteiger partial charge in [0.15, 0.2) is 0 Å². The smallest absolute Gasteiger partial charge is 0.148 e. The number of anilines is 1. The van der Waals surface area contributed by atoms with Gasteiger partial charge in [0, 0.05) is 12.6 Å². The van der Waals surface area contributed by atoms with Crippen LogP contribution in [0.25, 0.3) is 0 Å². The highest BCUT2D eigenvalue weighted by molar-refractivity contribution is 9.10. The summed E-state index contributed by atoms with van der Waals surface area (Å²) < 4.78 is 0.710. The number of halogens is 2. The second-order valence-electron chi connectivity index (χ2n) is 4.16. The van der Waals surface area contributed by atoms with Crippen LogP contribution in [-0.4, -0.2) is 34.3 Å². The molecule has 0 spiro atoms. The second kappa shape index (κ2) is 5.98. The lowest BCUT2D eigenvalue weighted by molar-refractivity contribution is 0.296. The van der Waals surface area contributed by atoms with Crippen molar-refractivity contribution in [3.8, 4) is 0 Å². The number of aliphatic hydroxyl groups is 1. The van der Waals surface area contributed by atoms with Gasteiger partial charge in [0.2, 0.25) is 0 Å². The zero-order valence-corrected chi connectivity index (χ0v) is 11.8. The average molecular weight is 321 g/mol. The summed E-state index contributed by atoms with van der Waals surface area (Å²) in [5.74, 6) is 0.783. The molecule has 1 aliphatic carbocycles. The minimum absolute atomic E-state index is 0.116. The van der Waals surface area contributed by atoms with E-state index in [2.05, 4.69) is 30.8 Å². The highest BCUT2D eigenvalue weighted by Crippen LogP contribution is 2.33. The third-order valence-corrected chi connectivity index (χ3v) is 4.35. The summed E-state index contributed by atoms with van der Waals surface area (Å²) in [7, 11) is 0. The Bertz CT molecular complexity index is 385. The summed E-state index contributed by atoms with van der Waals surface area (Å²) in [6.45, 7) is 0.696. The van der Waals surface area contributed by atoms with Crippen LogP contribution in [0.4, 0.5) is 5.82 Å². The minimum Gasteiger partial charge on any atom is -0.395 e. The summed E-state index contributed by atoms with van der Waals surface area (Å²) in [6.07, 6.45) is 6.23. The molecule has 1 heterocycles. The summed E-state index contributed by atoms with van der Waals surface area (Å²) in [6, 6.07) is 0.449. The summed E-state index contributed by atoms with van der Waals surface area (Å²) >= 11 is 9.40. The normalized spacial score (nSPS) is 16.4. The van der Waals surface area contributed by atoms with Gasteiger partial charge in [0.05, 0.1) is 11.1 Å². The van der Waals surface area contributed by atoms with Crippen molar-refractivity contribution < 1.29 is 5.11 Å². The Labute approximate surface area is 114 Å². The van der Waals surface area contributed by atoms with Gasteiger partial charge in [0.25, 0.3) is 0 Å². The Morgan fingerprint density at radius 1 is 1.41 bits per heavy atom. The van der Waals surface area contributed by atoms with Crippen molar-refractivity contribution >= 4 is 33.3 Å². The van der Waals surface area contributed by atoms with E-state index in [0.717, 1.165) is 18.7 Å². The van der Waals surface area contributed by atoms with E-state index in [4.69, 9.17) is 11.6 Å². The fourth-order valence-electron chi connectivity index (χ4n) is 2.33. The molecule has 0 bridgehead atoms. The fraction of sp³-hybridized carbons (Fsp3) is 0.636. The lowest BCUT2D eigenvalue weighted by Gasteiger charge is -2.30. The third-order valence-electron chi connectivity index (χ3n) is 3.11. The first kappa shape index (κ1) is 13.1. The minimum atomic E-state index is 0.116. The SMILES string of the molecule is OCCN(c1ncnc(Cl)c1Br)C1CCCC1. The van der Waals surface area contributed by atoms with Crippen LogP contribution in [-0.2, 0) is 0 Å². The van der Waals surface area contributed by atoms with E-state index in [0.29, 0.717) is 22.2 Å². The molecule has 1 aromatic heterocycles. The highest BCUT2D eigenvalue weighted by Gasteiger charge is 2.25. The van der Waals surface area contributed by atoms with Gasteiger partial charge in [-0.2, -0.15) is 0 Å². The maximum absolute atomic E-state index is 9.19. The number of aromatic nitrogens is 2. The lowest BCUT2D eigenvalue weighted by atomic mass is 10.2. The molecule has 1 N–H and O–H groups in total. The molecule has 1 saturated carbocycles. The molecular formula is C11H15BrClN3O. The highest BCUT2D eigenvalue weighted by atomic mass is 79.9.